The molecule has 13 heteroatoms. The maximum atomic E-state index is 15.3. The van der Waals surface area contributed by atoms with E-state index in [2.05, 4.69) is 0 Å². The Bertz CT molecular complexity index is 3030. The number of fused-ring (bicyclic) bond motifs is 2. The molecule has 1 aromatic heterocycles. The van der Waals surface area contributed by atoms with Gasteiger partial charge in [-0.15, -0.1) is 0 Å². The number of thiazole rings is 1. The first-order valence-electron chi connectivity index (χ1n) is 18.8. The fourth-order valence-electron chi connectivity index (χ4n) is 9.93. The summed E-state index contributed by atoms with van der Waals surface area (Å²) in [5.74, 6) is -4.34. The molecule has 0 unspecified atom stereocenters. The maximum absolute atomic E-state index is 15.3. The second kappa shape index (κ2) is 13.0. The van der Waals surface area contributed by atoms with Crippen molar-refractivity contribution in [3.8, 4) is 0 Å². The molecular weight excluding hydrogens is 776 g/mol. The number of halogens is 1. The molecule has 5 aromatic carbocycles. The van der Waals surface area contributed by atoms with Gasteiger partial charge in [-0.1, -0.05) is 114 Å². The van der Waals surface area contributed by atoms with E-state index in [0.29, 0.717) is 16.1 Å². The van der Waals surface area contributed by atoms with Gasteiger partial charge in [-0.05, 0) is 70.6 Å². The molecule has 0 saturated carbocycles. The number of anilines is 1. The number of hydrogen-bond donors (Lipinski definition) is 0. The van der Waals surface area contributed by atoms with E-state index in [1.165, 1.54) is 16.7 Å². The molecule has 0 spiro atoms. The summed E-state index contributed by atoms with van der Waals surface area (Å²) in [6, 6.07) is 31.7. The molecule has 11 nitrogen and oxygen atoms in total. The molecular formula is C45H31ClN4O7S. The summed E-state index contributed by atoms with van der Waals surface area (Å²) in [6.45, 7) is 3.57. The minimum Gasteiger partial charge on any atom is -0.463 e. The van der Waals surface area contributed by atoms with Crippen molar-refractivity contribution in [2.75, 3.05) is 11.5 Å². The van der Waals surface area contributed by atoms with E-state index in [1.807, 2.05) is 91.0 Å². The van der Waals surface area contributed by atoms with Gasteiger partial charge in [0, 0.05) is 17.0 Å². The molecule has 3 aliphatic carbocycles. The molecule has 3 heterocycles. The van der Waals surface area contributed by atoms with Crippen LogP contribution in [0.5, 0.6) is 0 Å². The first kappa shape index (κ1) is 35.9. The molecule has 2 aliphatic heterocycles. The van der Waals surface area contributed by atoms with Crippen LogP contribution in [0, 0.1) is 22.0 Å². The van der Waals surface area contributed by atoms with Crippen LogP contribution >= 0.6 is 22.9 Å². The van der Waals surface area contributed by atoms with Crippen LogP contribution < -0.4 is 19.8 Å². The lowest BCUT2D eigenvalue weighted by atomic mass is 9.47. The molecule has 286 valence electrons. The van der Waals surface area contributed by atoms with Gasteiger partial charge in [-0.2, -0.15) is 0 Å². The van der Waals surface area contributed by atoms with Gasteiger partial charge in [-0.3, -0.25) is 29.1 Å². The van der Waals surface area contributed by atoms with E-state index in [9.17, 15) is 19.7 Å². The third-order valence-corrected chi connectivity index (χ3v) is 13.3. The summed E-state index contributed by atoms with van der Waals surface area (Å²) in [7, 11) is 0. The van der Waals surface area contributed by atoms with Gasteiger partial charge in [0.15, 0.2) is 4.80 Å². The Labute approximate surface area is 338 Å². The van der Waals surface area contributed by atoms with Crippen molar-refractivity contribution in [2.24, 2.45) is 16.8 Å². The highest BCUT2D eigenvalue weighted by Crippen LogP contribution is 2.65. The minimum absolute atomic E-state index is 0.0850. The fraction of sp³-hybridized carbons (Fsp3) is 0.178. The summed E-state index contributed by atoms with van der Waals surface area (Å²) in [6.07, 6.45) is 1.80. The first-order chi connectivity index (χ1) is 28.1. The Morgan fingerprint density at radius 1 is 0.914 bits per heavy atom. The quantitative estimate of drug-likeness (QED) is 0.0788. The van der Waals surface area contributed by atoms with Crippen molar-refractivity contribution in [3.63, 3.8) is 0 Å². The zero-order valence-electron chi connectivity index (χ0n) is 30.9. The molecule has 5 aliphatic rings. The lowest BCUT2D eigenvalue weighted by Gasteiger charge is -2.53. The number of rotatable bonds is 6. The number of nitro groups is 1. The number of ether oxygens (including phenoxy) is 1. The Hall–Kier alpha value is -6.50. The van der Waals surface area contributed by atoms with Crippen LogP contribution in [0.25, 0.3) is 16.8 Å². The van der Waals surface area contributed by atoms with E-state index < -0.39 is 63.2 Å². The average Bonchev–Trinajstić information content (AvgIpc) is 3.67. The Morgan fingerprint density at radius 3 is 2.28 bits per heavy atom. The number of aromatic nitrogens is 1. The van der Waals surface area contributed by atoms with Gasteiger partial charge in [-0.25, -0.2) is 14.7 Å². The van der Waals surface area contributed by atoms with Crippen molar-refractivity contribution in [2.45, 2.75) is 31.2 Å². The highest BCUT2D eigenvalue weighted by atomic mass is 35.5. The van der Waals surface area contributed by atoms with Crippen LogP contribution in [0.4, 0.5) is 11.4 Å². The van der Waals surface area contributed by atoms with Crippen LogP contribution in [0.3, 0.4) is 0 Å². The SMILES string of the molecule is CCOC(=O)C1=C(C)N=c2s/c(=C/C34c5ccccc5C(c5ccccc53)[C@@H]3C(=O)N(c5ccc(Cl)cc5[N+](=O)[O-])C(=O)[C@@H]34)c(=O)n2[C@H]1c1cccc2ccccc12. The lowest BCUT2D eigenvalue weighted by molar-refractivity contribution is -0.384. The Kier molecular flexibility index (Phi) is 8.05. The van der Waals surface area contributed by atoms with Crippen LogP contribution in [0.15, 0.2) is 130 Å². The number of esters is 1. The maximum Gasteiger partial charge on any atom is 0.338 e. The van der Waals surface area contributed by atoms with E-state index in [0.717, 1.165) is 55.3 Å². The van der Waals surface area contributed by atoms with Crippen molar-refractivity contribution in [1.29, 1.82) is 0 Å². The molecule has 58 heavy (non-hydrogen) atoms. The summed E-state index contributed by atoms with van der Waals surface area (Å²) in [5.41, 5.74) is 2.08. The van der Waals surface area contributed by atoms with Crippen molar-refractivity contribution < 1.29 is 24.0 Å². The molecule has 0 N–H and O–H groups in total. The van der Waals surface area contributed by atoms with E-state index in [1.54, 1.807) is 19.9 Å². The van der Waals surface area contributed by atoms with E-state index in [-0.39, 0.29) is 27.4 Å². The summed E-state index contributed by atoms with van der Waals surface area (Å²) in [4.78, 5) is 76.8. The van der Waals surface area contributed by atoms with Gasteiger partial charge in [0.2, 0.25) is 11.8 Å². The highest BCUT2D eigenvalue weighted by Gasteiger charge is 2.68. The third kappa shape index (κ3) is 4.82. The van der Waals surface area contributed by atoms with Gasteiger partial charge < -0.3 is 4.74 Å². The topological polar surface area (TPSA) is 141 Å². The van der Waals surface area contributed by atoms with E-state index >= 15 is 9.59 Å². The number of nitrogens with zero attached hydrogens (tertiary/aromatic N) is 4. The number of allylic oxidation sites excluding steroid dienone is 1. The monoisotopic (exact) mass is 806 g/mol. The second-order valence-electron chi connectivity index (χ2n) is 14.8. The van der Waals surface area contributed by atoms with Crippen molar-refractivity contribution in [3.05, 3.63) is 183 Å². The predicted octanol–water partition coefficient (Wildman–Crippen LogP) is 6.72. The number of carbonyl (C=O) groups is 3. The Morgan fingerprint density at radius 2 is 1.57 bits per heavy atom. The molecule has 6 aromatic rings. The van der Waals surface area contributed by atoms with E-state index in [4.69, 9.17) is 21.3 Å². The van der Waals surface area contributed by atoms with Gasteiger partial charge in [0.05, 0.1) is 50.6 Å². The standard InChI is InChI=1S/C45H31ClN4O7S/c1-3-57-43(54)35-23(2)47-44-49(39(35)27-16-10-12-24-11-4-5-13-26(24)27)40(51)34(58-44)22-45-30-17-8-6-14-28(30)36(29-15-7-9-18-31(29)45)37-38(45)42(53)48(41(37)52)32-20-19-25(46)21-33(32)50(55)56/h4-22,36-39H,3H2,1-2H3/b34-22+/t36?,37-,38+,39-,45?/m0/s1. The van der Waals surface area contributed by atoms with Crippen LogP contribution in [-0.4, -0.2) is 33.9 Å². The average molecular weight is 807 g/mol. The molecule has 11 rings (SSSR count). The Balaban J connectivity index is 1.26. The normalized spacial score (nSPS) is 23.0. The number of imide groups is 1. The van der Waals surface area contributed by atoms with Gasteiger partial charge in [0.25, 0.3) is 11.2 Å². The smallest absolute Gasteiger partial charge is 0.338 e. The largest absolute Gasteiger partial charge is 0.463 e. The molecule has 1 fully saturated rings. The number of carbonyl (C=O) groups excluding carboxylic acids is 3. The summed E-state index contributed by atoms with van der Waals surface area (Å²) >= 11 is 7.32. The molecule has 2 amide bonds. The number of benzene rings is 5. The van der Waals surface area contributed by atoms with Gasteiger partial charge in [0.1, 0.15) is 5.69 Å². The fourth-order valence-corrected chi connectivity index (χ4v) is 11.2. The summed E-state index contributed by atoms with van der Waals surface area (Å²) < 4.78 is 7.34. The zero-order valence-corrected chi connectivity index (χ0v) is 32.5. The minimum atomic E-state index is -1.37. The summed E-state index contributed by atoms with van der Waals surface area (Å²) in [5, 5.41) is 14.2. The van der Waals surface area contributed by atoms with Crippen LogP contribution in [0.1, 0.15) is 53.6 Å². The molecule has 2 bridgehead atoms. The molecule has 1 saturated heterocycles. The number of amides is 2. The van der Waals surface area contributed by atoms with Gasteiger partial charge >= 0.3 is 5.97 Å². The lowest BCUT2D eigenvalue weighted by Crippen LogP contribution is -2.53. The second-order valence-corrected chi connectivity index (χ2v) is 16.2. The molecule has 0 radical (unpaired) electrons. The van der Waals surface area contributed by atoms with Crippen molar-refractivity contribution >= 4 is 68.9 Å². The van der Waals surface area contributed by atoms with Crippen LogP contribution in [-0.2, 0) is 24.5 Å². The first-order valence-corrected chi connectivity index (χ1v) is 19.9. The van der Waals surface area contributed by atoms with Crippen molar-refractivity contribution in [1.82, 2.24) is 4.57 Å². The predicted molar refractivity (Wildman–Crippen MR) is 218 cm³/mol. The number of nitro benzene ring substituents is 1. The zero-order chi connectivity index (χ0) is 40.2. The number of hydrogen-bond acceptors (Lipinski definition) is 9. The highest BCUT2D eigenvalue weighted by molar-refractivity contribution is 7.07. The third-order valence-electron chi connectivity index (χ3n) is 12.1. The van der Waals surface area contributed by atoms with Crippen LogP contribution in [0.2, 0.25) is 5.02 Å². The molecule has 3 atom stereocenters.